The third kappa shape index (κ3) is 2.27. The zero-order chi connectivity index (χ0) is 14.3. The fraction of sp³-hybridized carbons (Fsp3) is 0.158. The van der Waals surface area contributed by atoms with Gasteiger partial charge in [-0.2, -0.15) is 0 Å². The third-order valence-corrected chi connectivity index (χ3v) is 4.28. The van der Waals surface area contributed by atoms with Gasteiger partial charge in [0.25, 0.3) is 0 Å². The highest BCUT2D eigenvalue weighted by Gasteiger charge is 2.10. The number of hydrogen-bond acceptors (Lipinski definition) is 0. The summed E-state index contributed by atoms with van der Waals surface area (Å²) < 4.78 is 1.12. The molecule has 0 unspecified atom stereocenters. The van der Waals surface area contributed by atoms with Gasteiger partial charge >= 0.3 is 0 Å². The largest absolute Gasteiger partial charge is 0.0610 e. The molecule has 20 heavy (non-hydrogen) atoms. The molecule has 3 rings (SSSR count). The molecular weight excluding hydrogens is 308 g/mol. The average Bonchev–Trinajstić information content (AvgIpc) is 2.38. The predicted octanol–water partition coefficient (Wildman–Crippen LogP) is 6.19. The van der Waals surface area contributed by atoms with Crippen LogP contribution in [0, 0.1) is 20.8 Å². The first-order valence-corrected chi connectivity index (χ1v) is 7.62. The van der Waals surface area contributed by atoms with Crippen molar-refractivity contribution >= 4 is 26.7 Å². The first kappa shape index (κ1) is 13.4. The molecule has 0 nitrogen and oxygen atoms in total. The minimum atomic E-state index is 1.12. The molecule has 0 amide bonds. The molecule has 3 aromatic rings. The summed E-state index contributed by atoms with van der Waals surface area (Å²) in [5.41, 5.74) is 6.69. The predicted molar refractivity (Wildman–Crippen MR) is 91.3 cm³/mol. The Hall–Kier alpha value is -1.60. The molecule has 0 aromatic heterocycles. The Morgan fingerprint density at radius 2 is 1.50 bits per heavy atom. The molecule has 0 fully saturated rings. The number of halogens is 1. The molecule has 0 saturated heterocycles. The molecule has 0 saturated carbocycles. The van der Waals surface area contributed by atoms with Crippen molar-refractivity contribution < 1.29 is 0 Å². The summed E-state index contributed by atoms with van der Waals surface area (Å²) in [7, 11) is 0. The van der Waals surface area contributed by atoms with E-state index in [1.54, 1.807) is 0 Å². The summed E-state index contributed by atoms with van der Waals surface area (Å²) in [5, 5.41) is 2.59. The van der Waals surface area contributed by atoms with Crippen LogP contribution in [0.2, 0.25) is 0 Å². The van der Waals surface area contributed by atoms with Gasteiger partial charge in [0.1, 0.15) is 0 Å². The average molecular weight is 325 g/mol. The molecule has 0 N–H and O–H groups in total. The van der Waals surface area contributed by atoms with Gasteiger partial charge in [-0.3, -0.25) is 0 Å². The Kier molecular flexibility index (Phi) is 3.39. The lowest BCUT2D eigenvalue weighted by molar-refractivity contribution is 1.32. The van der Waals surface area contributed by atoms with Crippen molar-refractivity contribution in [2.24, 2.45) is 0 Å². The lowest BCUT2D eigenvalue weighted by Crippen LogP contribution is -1.91. The standard InChI is InChI=1S/C19H17Br/c1-12-9-13(2)19(14(3)10-12)17-6-4-5-15-7-8-16(20)11-18(15)17/h4-11H,1-3H3. The molecule has 0 radical (unpaired) electrons. The summed E-state index contributed by atoms with van der Waals surface area (Å²) >= 11 is 3.59. The van der Waals surface area contributed by atoms with Gasteiger partial charge in [0.15, 0.2) is 0 Å². The van der Waals surface area contributed by atoms with Crippen molar-refractivity contribution in [3.05, 3.63) is 69.7 Å². The van der Waals surface area contributed by atoms with E-state index >= 15 is 0 Å². The molecule has 0 aliphatic rings. The first-order chi connectivity index (χ1) is 9.56. The van der Waals surface area contributed by atoms with E-state index in [1.807, 2.05) is 0 Å². The van der Waals surface area contributed by atoms with E-state index in [4.69, 9.17) is 0 Å². The summed E-state index contributed by atoms with van der Waals surface area (Å²) in [6.07, 6.45) is 0. The van der Waals surface area contributed by atoms with Gasteiger partial charge in [0.2, 0.25) is 0 Å². The van der Waals surface area contributed by atoms with Crippen molar-refractivity contribution in [1.29, 1.82) is 0 Å². The van der Waals surface area contributed by atoms with E-state index in [2.05, 4.69) is 85.2 Å². The van der Waals surface area contributed by atoms with Crippen LogP contribution in [-0.2, 0) is 0 Å². The Morgan fingerprint density at radius 1 is 0.800 bits per heavy atom. The van der Waals surface area contributed by atoms with Crippen molar-refractivity contribution in [3.8, 4) is 11.1 Å². The topological polar surface area (TPSA) is 0 Å². The van der Waals surface area contributed by atoms with Gasteiger partial charge in [0.05, 0.1) is 0 Å². The Morgan fingerprint density at radius 3 is 2.20 bits per heavy atom. The van der Waals surface area contributed by atoms with Crippen LogP contribution in [0.25, 0.3) is 21.9 Å². The lowest BCUT2D eigenvalue weighted by Gasteiger charge is -2.14. The van der Waals surface area contributed by atoms with Crippen molar-refractivity contribution in [3.63, 3.8) is 0 Å². The van der Waals surface area contributed by atoms with E-state index in [9.17, 15) is 0 Å². The third-order valence-electron chi connectivity index (χ3n) is 3.79. The highest BCUT2D eigenvalue weighted by molar-refractivity contribution is 9.10. The second kappa shape index (κ2) is 5.06. The maximum absolute atomic E-state index is 3.59. The van der Waals surface area contributed by atoms with Gasteiger partial charge in [-0.1, -0.05) is 57.9 Å². The van der Waals surface area contributed by atoms with Gasteiger partial charge in [-0.05, 0) is 65.9 Å². The summed E-state index contributed by atoms with van der Waals surface area (Å²) in [4.78, 5) is 0. The second-order valence-electron chi connectivity index (χ2n) is 5.44. The summed E-state index contributed by atoms with van der Waals surface area (Å²) in [6, 6.07) is 17.5. The Balaban J connectivity index is 2.38. The van der Waals surface area contributed by atoms with Crippen molar-refractivity contribution in [2.45, 2.75) is 20.8 Å². The maximum atomic E-state index is 3.59. The molecular formula is C19H17Br. The number of hydrogen-bond donors (Lipinski definition) is 0. The van der Waals surface area contributed by atoms with E-state index < -0.39 is 0 Å². The van der Waals surface area contributed by atoms with E-state index in [-0.39, 0.29) is 0 Å². The second-order valence-corrected chi connectivity index (χ2v) is 6.36. The zero-order valence-corrected chi connectivity index (χ0v) is 13.6. The van der Waals surface area contributed by atoms with E-state index in [1.165, 1.54) is 38.6 Å². The number of benzene rings is 3. The molecule has 0 atom stereocenters. The maximum Gasteiger partial charge on any atom is 0.0181 e. The number of rotatable bonds is 1. The molecule has 100 valence electrons. The minimum absolute atomic E-state index is 1.12. The quantitative estimate of drug-likeness (QED) is 0.500. The molecule has 0 aliphatic heterocycles. The normalized spacial score (nSPS) is 11.0. The zero-order valence-electron chi connectivity index (χ0n) is 12.0. The van der Waals surface area contributed by atoms with Gasteiger partial charge in [-0.15, -0.1) is 0 Å². The lowest BCUT2D eigenvalue weighted by atomic mass is 9.90. The van der Waals surface area contributed by atoms with E-state index in [0.717, 1.165) is 4.47 Å². The fourth-order valence-corrected chi connectivity index (χ4v) is 3.43. The minimum Gasteiger partial charge on any atom is -0.0610 e. The smallest absolute Gasteiger partial charge is 0.0181 e. The molecule has 0 bridgehead atoms. The molecule has 0 heterocycles. The fourth-order valence-electron chi connectivity index (χ4n) is 3.07. The summed E-state index contributed by atoms with van der Waals surface area (Å²) in [5.74, 6) is 0. The van der Waals surface area contributed by atoms with E-state index in [0.29, 0.717) is 0 Å². The monoisotopic (exact) mass is 324 g/mol. The van der Waals surface area contributed by atoms with Crippen LogP contribution in [0.5, 0.6) is 0 Å². The molecule has 0 spiro atoms. The number of aryl methyl sites for hydroxylation is 3. The molecule has 0 aliphatic carbocycles. The van der Waals surface area contributed by atoms with Crippen LogP contribution in [0.4, 0.5) is 0 Å². The Bertz CT molecular complexity index is 777. The van der Waals surface area contributed by atoms with Crippen LogP contribution in [0.3, 0.4) is 0 Å². The van der Waals surface area contributed by atoms with Crippen molar-refractivity contribution in [2.75, 3.05) is 0 Å². The number of fused-ring (bicyclic) bond motifs is 1. The van der Waals surface area contributed by atoms with Crippen molar-refractivity contribution in [1.82, 2.24) is 0 Å². The van der Waals surface area contributed by atoms with Gasteiger partial charge in [0, 0.05) is 4.47 Å². The molecule has 3 aromatic carbocycles. The van der Waals surface area contributed by atoms with Crippen LogP contribution in [0.15, 0.2) is 53.0 Å². The summed E-state index contributed by atoms with van der Waals surface area (Å²) in [6.45, 7) is 6.56. The Labute approximate surface area is 128 Å². The highest BCUT2D eigenvalue weighted by atomic mass is 79.9. The van der Waals surface area contributed by atoms with Crippen LogP contribution >= 0.6 is 15.9 Å². The molecule has 1 heteroatoms. The van der Waals surface area contributed by atoms with Crippen LogP contribution in [0.1, 0.15) is 16.7 Å². The van der Waals surface area contributed by atoms with Crippen LogP contribution in [-0.4, -0.2) is 0 Å². The van der Waals surface area contributed by atoms with Gasteiger partial charge in [-0.25, -0.2) is 0 Å². The SMILES string of the molecule is Cc1cc(C)c(-c2cccc3ccc(Br)cc23)c(C)c1. The van der Waals surface area contributed by atoms with Gasteiger partial charge < -0.3 is 0 Å². The first-order valence-electron chi connectivity index (χ1n) is 6.83. The highest BCUT2D eigenvalue weighted by Crippen LogP contribution is 2.35. The van der Waals surface area contributed by atoms with Crippen LogP contribution < -0.4 is 0 Å².